The fourth-order valence-corrected chi connectivity index (χ4v) is 3.27. The number of rotatable bonds is 6. The van der Waals surface area contributed by atoms with Gasteiger partial charge in [0.05, 0.1) is 29.5 Å². The Labute approximate surface area is 178 Å². The number of carbonyl (C=O) groups is 1. The highest BCUT2D eigenvalue weighted by Gasteiger charge is 2.37. The monoisotopic (exact) mass is 454 g/mol. The number of aromatic nitrogens is 2. The number of nitrogens with zero attached hydrogens (tertiary/aromatic N) is 2. The van der Waals surface area contributed by atoms with E-state index >= 15 is 0 Å². The van der Waals surface area contributed by atoms with E-state index in [4.69, 9.17) is 4.74 Å². The molecule has 0 fully saturated rings. The maximum absolute atomic E-state index is 13.6. The van der Waals surface area contributed by atoms with Crippen molar-refractivity contribution in [3.8, 4) is 5.88 Å². The van der Waals surface area contributed by atoms with Crippen molar-refractivity contribution in [3.05, 3.63) is 88.9 Å². The number of pyridine rings is 2. The first-order valence-electron chi connectivity index (χ1n) is 9.24. The van der Waals surface area contributed by atoms with Crippen LogP contribution in [0.2, 0.25) is 0 Å². The largest absolute Gasteiger partial charge is 0.480 e. The molecule has 0 N–H and O–H groups in total. The molecule has 2 aromatic heterocycles. The Morgan fingerprint density at radius 2 is 1.53 bits per heavy atom. The number of ketones is 1. The van der Waals surface area contributed by atoms with Crippen LogP contribution in [-0.2, 0) is 12.4 Å². The van der Waals surface area contributed by atoms with Gasteiger partial charge in [0.1, 0.15) is 0 Å². The summed E-state index contributed by atoms with van der Waals surface area (Å²) >= 11 is 0. The third kappa shape index (κ3) is 5.06. The molecule has 32 heavy (non-hydrogen) atoms. The van der Waals surface area contributed by atoms with Crippen molar-refractivity contribution in [1.29, 1.82) is 0 Å². The van der Waals surface area contributed by atoms with Gasteiger partial charge in [-0.25, -0.2) is 4.98 Å². The highest BCUT2D eigenvalue weighted by molar-refractivity contribution is 5.98. The van der Waals surface area contributed by atoms with Gasteiger partial charge in [-0.1, -0.05) is 12.1 Å². The molecule has 2 heterocycles. The van der Waals surface area contributed by atoms with Gasteiger partial charge in [-0.3, -0.25) is 9.78 Å². The van der Waals surface area contributed by atoms with Gasteiger partial charge >= 0.3 is 12.4 Å². The highest BCUT2D eigenvalue weighted by Crippen LogP contribution is 2.39. The van der Waals surface area contributed by atoms with Crippen molar-refractivity contribution in [3.63, 3.8) is 0 Å². The summed E-state index contributed by atoms with van der Waals surface area (Å²) in [5.41, 5.74) is -2.38. The second-order valence-corrected chi connectivity index (χ2v) is 6.79. The van der Waals surface area contributed by atoms with Gasteiger partial charge in [0.25, 0.3) is 0 Å². The lowest BCUT2D eigenvalue weighted by molar-refractivity contribution is -0.139. The average molecular weight is 454 g/mol. The first-order valence-corrected chi connectivity index (χ1v) is 9.24. The van der Waals surface area contributed by atoms with E-state index in [9.17, 15) is 31.1 Å². The fourth-order valence-electron chi connectivity index (χ4n) is 3.27. The SMILES string of the molecule is COc1ncccc1C(=O)C[C@@H](c1ccc(C(F)(F)F)cc1)c1ncccc1C(F)(F)F. The van der Waals surface area contributed by atoms with Crippen molar-refractivity contribution >= 4 is 5.78 Å². The highest BCUT2D eigenvalue weighted by atomic mass is 19.4. The molecule has 0 aliphatic rings. The number of halogens is 6. The van der Waals surface area contributed by atoms with Gasteiger partial charge in [0, 0.05) is 24.7 Å². The average Bonchev–Trinajstić information content (AvgIpc) is 2.76. The van der Waals surface area contributed by atoms with Gasteiger partial charge in [0.15, 0.2) is 5.78 Å². The quantitative estimate of drug-likeness (QED) is 0.342. The standard InChI is InChI=1S/C22H16F6N2O2/c1-32-20-15(4-2-11-30-20)18(31)12-16(13-6-8-14(9-7-13)21(23,24)25)19-17(22(26,27)28)5-3-10-29-19/h2-11,16H,12H2,1H3/t16-/m0/s1. The normalized spacial score (nSPS) is 13.0. The first kappa shape index (κ1) is 23.2. The number of hydrogen-bond acceptors (Lipinski definition) is 4. The zero-order valence-corrected chi connectivity index (χ0v) is 16.5. The summed E-state index contributed by atoms with van der Waals surface area (Å²) < 4.78 is 84.7. The molecule has 1 atom stereocenters. The molecule has 0 aliphatic heterocycles. The van der Waals surface area contributed by atoms with E-state index in [0.29, 0.717) is 0 Å². The molecular formula is C22H16F6N2O2. The smallest absolute Gasteiger partial charge is 0.418 e. The second kappa shape index (κ2) is 8.97. The number of benzene rings is 1. The Balaban J connectivity index is 2.10. The van der Waals surface area contributed by atoms with Crippen molar-refractivity contribution in [1.82, 2.24) is 9.97 Å². The van der Waals surface area contributed by atoms with E-state index < -0.39 is 47.3 Å². The minimum atomic E-state index is -4.78. The van der Waals surface area contributed by atoms with Crippen LogP contribution in [-0.4, -0.2) is 22.9 Å². The third-order valence-corrected chi connectivity index (χ3v) is 4.77. The Bertz CT molecular complexity index is 1090. The molecule has 0 unspecified atom stereocenters. The number of ether oxygens (including phenoxy) is 1. The van der Waals surface area contributed by atoms with E-state index in [2.05, 4.69) is 9.97 Å². The molecule has 0 radical (unpaired) electrons. The molecule has 3 rings (SSSR count). The molecule has 4 nitrogen and oxygen atoms in total. The molecule has 3 aromatic rings. The molecule has 1 aromatic carbocycles. The number of carbonyl (C=O) groups excluding carboxylic acids is 1. The van der Waals surface area contributed by atoms with Crippen LogP contribution in [0.15, 0.2) is 60.9 Å². The summed E-state index contributed by atoms with van der Waals surface area (Å²) in [6.07, 6.45) is -7.37. The fraction of sp³-hybridized carbons (Fsp3) is 0.227. The lowest BCUT2D eigenvalue weighted by atomic mass is 9.86. The summed E-state index contributed by atoms with van der Waals surface area (Å²) in [6.45, 7) is 0. The van der Waals surface area contributed by atoms with Crippen LogP contribution >= 0.6 is 0 Å². The van der Waals surface area contributed by atoms with E-state index in [-0.39, 0.29) is 17.0 Å². The summed E-state index contributed by atoms with van der Waals surface area (Å²) in [5, 5.41) is 0. The van der Waals surface area contributed by atoms with Crippen molar-refractivity contribution in [2.45, 2.75) is 24.7 Å². The van der Waals surface area contributed by atoms with E-state index in [1.54, 1.807) is 0 Å². The summed E-state index contributed by atoms with van der Waals surface area (Å²) in [4.78, 5) is 20.7. The van der Waals surface area contributed by atoms with Crippen molar-refractivity contribution < 1.29 is 35.9 Å². The molecule has 0 saturated carbocycles. The number of methoxy groups -OCH3 is 1. The Kier molecular flexibility index (Phi) is 6.52. The van der Waals surface area contributed by atoms with Crippen molar-refractivity contribution in [2.24, 2.45) is 0 Å². The molecule has 0 spiro atoms. The molecule has 168 valence electrons. The molecular weight excluding hydrogens is 438 g/mol. The second-order valence-electron chi connectivity index (χ2n) is 6.79. The van der Waals surface area contributed by atoms with E-state index in [1.807, 2.05) is 0 Å². The third-order valence-electron chi connectivity index (χ3n) is 4.77. The molecule has 10 heteroatoms. The number of alkyl halides is 6. The molecule has 0 aliphatic carbocycles. The predicted octanol–water partition coefficient (Wildman–Crippen LogP) is 5.93. The van der Waals surface area contributed by atoms with Gasteiger partial charge in [-0.2, -0.15) is 26.3 Å². The number of Topliss-reactive ketones (excluding diaryl/α,β-unsaturated/α-hetero) is 1. The van der Waals surface area contributed by atoms with Crippen LogP contribution in [0.5, 0.6) is 5.88 Å². The van der Waals surface area contributed by atoms with Crippen molar-refractivity contribution in [2.75, 3.05) is 7.11 Å². The zero-order valence-electron chi connectivity index (χ0n) is 16.5. The van der Waals surface area contributed by atoms with Crippen LogP contribution in [0, 0.1) is 0 Å². The van der Waals surface area contributed by atoms with Gasteiger partial charge < -0.3 is 4.74 Å². The summed E-state index contributed by atoms with van der Waals surface area (Å²) in [5.74, 6) is -1.87. The maximum atomic E-state index is 13.6. The van der Waals surface area contributed by atoms with Gasteiger partial charge in [-0.05, 0) is 42.0 Å². The summed E-state index contributed by atoms with van der Waals surface area (Å²) in [6, 6.07) is 8.40. The minimum absolute atomic E-state index is 0.0132. The Morgan fingerprint density at radius 3 is 2.12 bits per heavy atom. The van der Waals surface area contributed by atoms with Gasteiger partial charge in [-0.15, -0.1) is 0 Å². The Hall–Kier alpha value is -3.43. The van der Waals surface area contributed by atoms with Gasteiger partial charge in [0.2, 0.25) is 5.88 Å². The number of hydrogen-bond donors (Lipinski definition) is 0. The maximum Gasteiger partial charge on any atom is 0.418 e. The lowest BCUT2D eigenvalue weighted by Gasteiger charge is -2.21. The zero-order chi connectivity index (χ0) is 23.5. The molecule has 0 amide bonds. The molecule has 0 bridgehead atoms. The first-order chi connectivity index (χ1) is 15.0. The van der Waals surface area contributed by atoms with E-state index in [1.165, 1.54) is 25.4 Å². The summed E-state index contributed by atoms with van der Waals surface area (Å²) in [7, 11) is 1.28. The van der Waals surface area contributed by atoms with Crippen LogP contribution in [0.4, 0.5) is 26.3 Å². The van der Waals surface area contributed by atoms with Crippen LogP contribution in [0.3, 0.4) is 0 Å². The molecule has 0 saturated heterocycles. The predicted molar refractivity (Wildman–Crippen MR) is 102 cm³/mol. The van der Waals surface area contributed by atoms with Crippen LogP contribution < -0.4 is 4.74 Å². The van der Waals surface area contributed by atoms with E-state index in [0.717, 1.165) is 42.6 Å². The Morgan fingerprint density at radius 1 is 0.906 bits per heavy atom. The topological polar surface area (TPSA) is 52.1 Å². The van der Waals surface area contributed by atoms with Crippen LogP contribution in [0.25, 0.3) is 0 Å². The lowest BCUT2D eigenvalue weighted by Crippen LogP contribution is -2.18. The van der Waals surface area contributed by atoms with Crippen LogP contribution in [0.1, 0.15) is 45.1 Å². The minimum Gasteiger partial charge on any atom is -0.480 e.